The van der Waals surface area contributed by atoms with E-state index in [4.69, 9.17) is 9.98 Å². The standard InChI is InChI=1S/C17H24N4/c1-14-7-9-15(10-8-14)18-17(21-12-3-4-13-21)19-16-6-5-11-20(16)2/h7-10H,3-6,11-13H2,1-2H3. The molecule has 1 aromatic carbocycles. The van der Waals surface area contributed by atoms with Gasteiger partial charge in [0.1, 0.15) is 5.84 Å². The van der Waals surface area contributed by atoms with Crippen LogP contribution >= 0.6 is 0 Å². The molecule has 2 aliphatic heterocycles. The van der Waals surface area contributed by atoms with Crippen LogP contribution in [0.2, 0.25) is 0 Å². The molecule has 0 bridgehead atoms. The minimum absolute atomic E-state index is 0.889. The van der Waals surface area contributed by atoms with Gasteiger partial charge in [-0.15, -0.1) is 0 Å². The van der Waals surface area contributed by atoms with Crippen molar-refractivity contribution in [1.29, 1.82) is 0 Å². The number of guanidine groups is 1. The summed E-state index contributed by atoms with van der Waals surface area (Å²) in [6.45, 7) is 5.36. The highest BCUT2D eigenvalue weighted by atomic mass is 15.3. The zero-order chi connectivity index (χ0) is 14.7. The molecule has 0 spiro atoms. The lowest BCUT2D eigenvalue weighted by Gasteiger charge is -2.19. The quantitative estimate of drug-likeness (QED) is 0.586. The van der Waals surface area contributed by atoms with Gasteiger partial charge in [-0.1, -0.05) is 17.7 Å². The second-order valence-electron chi connectivity index (χ2n) is 5.99. The summed E-state index contributed by atoms with van der Waals surface area (Å²) < 4.78 is 0. The van der Waals surface area contributed by atoms with Crippen molar-refractivity contribution in [1.82, 2.24) is 9.80 Å². The predicted molar refractivity (Wildman–Crippen MR) is 88.4 cm³/mol. The summed E-state index contributed by atoms with van der Waals surface area (Å²) in [6, 6.07) is 8.36. The van der Waals surface area contributed by atoms with E-state index in [0.717, 1.165) is 37.7 Å². The molecular formula is C17H24N4. The molecule has 2 fully saturated rings. The third kappa shape index (κ3) is 3.43. The number of aliphatic imine (C=N–C) groups is 2. The number of benzene rings is 1. The minimum Gasteiger partial charge on any atom is -0.363 e. The van der Waals surface area contributed by atoms with Gasteiger partial charge in [0, 0.05) is 33.1 Å². The van der Waals surface area contributed by atoms with E-state index in [1.54, 1.807) is 0 Å². The lowest BCUT2D eigenvalue weighted by molar-refractivity contribution is 0.510. The Morgan fingerprint density at radius 3 is 2.33 bits per heavy atom. The van der Waals surface area contributed by atoms with Gasteiger partial charge in [0.2, 0.25) is 5.96 Å². The molecule has 0 saturated carbocycles. The number of hydrogen-bond donors (Lipinski definition) is 0. The Bertz CT molecular complexity index is 538. The van der Waals surface area contributed by atoms with Crippen LogP contribution in [0.3, 0.4) is 0 Å². The molecular weight excluding hydrogens is 260 g/mol. The summed E-state index contributed by atoms with van der Waals surface area (Å²) in [5.41, 5.74) is 2.26. The zero-order valence-electron chi connectivity index (χ0n) is 13.0. The van der Waals surface area contributed by atoms with Gasteiger partial charge in [0.05, 0.1) is 5.69 Å². The first-order chi connectivity index (χ1) is 10.2. The number of likely N-dealkylation sites (tertiary alicyclic amines) is 2. The summed E-state index contributed by atoms with van der Waals surface area (Å²) >= 11 is 0. The SMILES string of the molecule is Cc1ccc(N=C(N=C2CCCN2C)N2CCCC2)cc1. The molecule has 21 heavy (non-hydrogen) atoms. The highest BCUT2D eigenvalue weighted by Gasteiger charge is 2.20. The van der Waals surface area contributed by atoms with E-state index in [1.165, 1.54) is 30.7 Å². The first-order valence-corrected chi connectivity index (χ1v) is 7.91. The molecule has 4 heteroatoms. The van der Waals surface area contributed by atoms with E-state index in [2.05, 4.69) is 48.0 Å². The number of amidine groups is 1. The van der Waals surface area contributed by atoms with Crippen LogP contribution in [-0.4, -0.2) is 48.3 Å². The molecule has 112 valence electrons. The first-order valence-electron chi connectivity index (χ1n) is 7.91. The van der Waals surface area contributed by atoms with E-state index in [-0.39, 0.29) is 0 Å². The van der Waals surface area contributed by atoms with Crippen molar-refractivity contribution < 1.29 is 0 Å². The smallest absolute Gasteiger partial charge is 0.227 e. The van der Waals surface area contributed by atoms with Crippen LogP contribution in [0.5, 0.6) is 0 Å². The molecule has 2 heterocycles. The minimum atomic E-state index is 0.889. The van der Waals surface area contributed by atoms with Gasteiger partial charge >= 0.3 is 0 Å². The Morgan fingerprint density at radius 2 is 1.71 bits per heavy atom. The van der Waals surface area contributed by atoms with Gasteiger partial charge in [-0.3, -0.25) is 0 Å². The highest BCUT2D eigenvalue weighted by Crippen LogP contribution is 2.18. The molecule has 4 nitrogen and oxygen atoms in total. The number of rotatable bonds is 1. The average molecular weight is 284 g/mol. The summed E-state index contributed by atoms with van der Waals surface area (Å²) in [5, 5.41) is 0. The van der Waals surface area contributed by atoms with Crippen molar-refractivity contribution >= 4 is 17.5 Å². The van der Waals surface area contributed by atoms with E-state index >= 15 is 0 Å². The van der Waals surface area contributed by atoms with Crippen LogP contribution in [0.4, 0.5) is 5.69 Å². The van der Waals surface area contributed by atoms with E-state index in [1.807, 2.05) is 0 Å². The van der Waals surface area contributed by atoms with Crippen molar-refractivity contribution in [3.8, 4) is 0 Å². The molecule has 0 N–H and O–H groups in total. The zero-order valence-corrected chi connectivity index (χ0v) is 13.0. The normalized spacial score (nSPS) is 21.6. The van der Waals surface area contributed by atoms with Gasteiger partial charge in [0.25, 0.3) is 0 Å². The lowest BCUT2D eigenvalue weighted by atomic mass is 10.2. The Hall–Kier alpha value is -1.84. The fraction of sp³-hybridized carbons (Fsp3) is 0.529. The van der Waals surface area contributed by atoms with Gasteiger partial charge in [-0.25, -0.2) is 4.99 Å². The molecule has 1 aromatic rings. The van der Waals surface area contributed by atoms with Crippen molar-refractivity contribution in [2.75, 3.05) is 26.7 Å². The Balaban J connectivity index is 1.89. The molecule has 0 aliphatic carbocycles. The predicted octanol–water partition coefficient (Wildman–Crippen LogP) is 3.20. The van der Waals surface area contributed by atoms with E-state index < -0.39 is 0 Å². The van der Waals surface area contributed by atoms with Crippen LogP contribution in [0.1, 0.15) is 31.2 Å². The van der Waals surface area contributed by atoms with Crippen LogP contribution < -0.4 is 0 Å². The topological polar surface area (TPSA) is 31.2 Å². The third-order valence-electron chi connectivity index (χ3n) is 4.22. The largest absolute Gasteiger partial charge is 0.363 e. The third-order valence-corrected chi connectivity index (χ3v) is 4.22. The summed E-state index contributed by atoms with van der Waals surface area (Å²) in [6.07, 6.45) is 4.76. The van der Waals surface area contributed by atoms with E-state index in [9.17, 15) is 0 Å². The maximum atomic E-state index is 4.87. The van der Waals surface area contributed by atoms with Crippen LogP contribution in [-0.2, 0) is 0 Å². The number of nitrogens with zero attached hydrogens (tertiary/aromatic N) is 4. The number of aryl methyl sites for hydroxylation is 1. The van der Waals surface area contributed by atoms with Gasteiger partial charge in [-0.05, 0) is 38.3 Å². The van der Waals surface area contributed by atoms with Gasteiger partial charge < -0.3 is 9.80 Å². The summed E-state index contributed by atoms with van der Waals surface area (Å²) in [7, 11) is 2.12. The molecule has 0 unspecified atom stereocenters. The molecule has 0 aromatic heterocycles. The Morgan fingerprint density at radius 1 is 1.00 bits per heavy atom. The maximum Gasteiger partial charge on any atom is 0.227 e. The van der Waals surface area contributed by atoms with Crippen LogP contribution in [0.25, 0.3) is 0 Å². The molecule has 0 atom stereocenters. The summed E-state index contributed by atoms with van der Waals surface area (Å²) in [4.78, 5) is 14.3. The average Bonchev–Trinajstić information content (AvgIpc) is 3.13. The molecule has 2 aliphatic rings. The van der Waals surface area contributed by atoms with Crippen molar-refractivity contribution in [2.24, 2.45) is 9.98 Å². The molecule has 0 amide bonds. The Labute approximate surface area is 127 Å². The Kier molecular flexibility index (Phi) is 4.23. The second-order valence-corrected chi connectivity index (χ2v) is 5.99. The second kappa shape index (κ2) is 6.29. The number of hydrogen-bond acceptors (Lipinski definition) is 1. The maximum absolute atomic E-state index is 4.87. The van der Waals surface area contributed by atoms with Crippen LogP contribution in [0, 0.1) is 6.92 Å². The van der Waals surface area contributed by atoms with Crippen molar-refractivity contribution in [3.63, 3.8) is 0 Å². The van der Waals surface area contributed by atoms with Gasteiger partial charge in [0.15, 0.2) is 0 Å². The lowest BCUT2D eigenvalue weighted by Crippen LogP contribution is -2.29. The van der Waals surface area contributed by atoms with Crippen molar-refractivity contribution in [3.05, 3.63) is 29.8 Å². The van der Waals surface area contributed by atoms with Gasteiger partial charge in [-0.2, -0.15) is 4.99 Å². The monoisotopic (exact) mass is 284 g/mol. The summed E-state index contributed by atoms with van der Waals surface area (Å²) in [5.74, 6) is 2.06. The van der Waals surface area contributed by atoms with Crippen molar-refractivity contribution in [2.45, 2.75) is 32.6 Å². The fourth-order valence-electron chi connectivity index (χ4n) is 2.87. The van der Waals surface area contributed by atoms with Crippen LogP contribution in [0.15, 0.2) is 34.3 Å². The molecule has 2 saturated heterocycles. The molecule has 3 rings (SSSR count). The fourth-order valence-corrected chi connectivity index (χ4v) is 2.87. The first kappa shape index (κ1) is 14.1. The molecule has 0 radical (unpaired) electrons. The highest BCUT2D eigenvalue weighted by molar-refractivity contribution is 5.97. The van der Waals surface area contributed by atoms with E-state index in [0.29, 0.717) is 0 Å².